The molecule has 1 N–H and O–H groups in total. The van der Waals surface area contributed by atoms with Crippen molar-refractivity contribution in [1.29, 1.82) is 0 Å². The molecule has 1 aromatic heterocycles. The van der Waals surface area contributed by atoms with E-state index in [4.69, 9.17) is 4.74 Å². The molecule has 0 fully saturated rings. The topological polar surface area (TPSA) is 83.0 Å². The van der Waals surface area contributed by atoms with Crippen LogP contribution in [0.25, 0.3) is 11.1 Å². The van der Waals surface area contributed by atoms with Crippen LogP contribution in [0.3, 0.4) is 0 Å². The minimum absolute atomic E-state index is 0.0105. The lowest BCUT2D eigenvalue weighted by molar-refractivity contribution is -0.130. The fourth-order valence-corrected chi connectivity index (χ4v) is 4.50. The van der Waals surface area contributed by atoms with E-state index in [2.05, 4.69) is 4.98 Å². The first-order valence-electron chi connectivity index (χ1n) is 12.7. The van der Waals surface area contributed by atoms with E-state index in [-0.39, 0.29) is 42.4 Å². The Balaban J connectivity index is 1.63. The normalized spacial score (nSPS) is 18.3. The summed E-state index contributed by atoms with van der Waals surface area (Å²) in [6.45, 7) is 6.44. The fraction of sp³-hybridized carbons (Fsp3) is 0.367. The van der Waals surface area contributed by atoms with Crippen LogP contribution >= 0.6 is 0 Å². The molecule has 37 heavy (non-hydrogen) atoms. The van der Waals surface area contributed by atoms with Crippen molar-refractivity contribution in [3.63, 3.8) is 0 Å². The van der Waals surface area contributed by atoms with Gasteiger partial charge in [0.2, 0.25) is 11.8 Å². The first-order valence-corrected chi connectivity index (χ1v) is 12.7. The molecular weight excluding hydrogens is 466 g/mol. The number of hydrogen-bond donors (Lipinski definition) is 1. The molecule has 2 heterocycles. The standard InChI is InChI=1S/C30H35N3O4/c1-20-10-12-24(13-11-20)25-15-26-29(31-16-25)37-27(21(2)17-33(30(26)36)22(3)19-34)18-32(4)28(35)14-23-8-6-5-7-9-23/h5-13,15-16,21-22,27,34H,14,17-19H2,1-4H3/t21-,22+,27-/m1/s1. The van der Waals surface area contributed by atoms with Crippen LogP contribution in [-0.2, 0) is 11.2 Å². The van der Waals surface area contributed by atoms with Gasteiger partial charge in [-0.05, 0) is 31.0 Å². The summed E-state index contributed by atoms with van der Waals surface area (Å²) < 4.78 is 6.35. The number of aromatic nitrogens is 1. The van der Waals surface area contributed by atoms with E-state index in [0.29, 0.717) is 25.1 Å². The smallest absolute Gasteiger partial charge is 0.259 e. The number of nitrogens with zero attached hydrogens (tertiary/aromatic N) is 3. The molecule has 1 aliphatic heterocycles. The molecule has 0 unspecified atom stereocenters. The Kier molecular flexibility index (Phi) is 8.24. The third-order valence-corrected chi connectivity index (χ3v) is 6.98. The predicted molar refractivity (Wildman–Crippen MR) is 143 cm³/mol. The van der Waals surface area contributed by atoms with Crippen molar-refractivity contribution < 1.29 is 19.4 Å². The Morgan fingerprint density at radius 2 is 1.86 bits per heavy atom. The number of amides is 2. The van der Waals surface area contributed by atoms with Crippen LogP contribution in [0.4, 0.5) is 0 Å². The Morgan fingerprint density at radius 1 is 1.16 bits per heavy atom. The van der Waals surface area contributed by atoms with Crippen molar-refractivity contribution >= 4 is 11.8 Å². The number of aliphatic hydroxyl groups is 1. The zero-order chi connectivity index (χ0) is 26.5. The summed E-state index contributed by atoms with van der Waals surface area (Å²) in [6, 6.07) is 19.1. The minimum Gasteiger partial charge on any atom is -0.472 e. The number of hydrogen-bond acceptors (Lipinski definition) is 5. The van der Waals surface area contributed by atoms with Gasteiger partial charge >= 0.3 is 0 Å². The highest BCUT2D eigenvalue weighted by molar-refractivity contribution is 5.98. The van der Waals surface area contributed by atoms with Crippen molar-refractivity contribution in [2.75, 3.05) is 26.7 Å². The number of carbonyl (C=O) groups is 2. The van der Waals surface area contributed by atoms with Crippen molar-refractivity contribution in [1.82, 2.24) is 14.8 Å². The average Bonchev–Trinajstić information content (AvgIpc) is 2.91. The molecule has 0 spiro atoms. The lowest BCUT2D eigenvalue weighted by Crippen LogP contribution is -2.50. The maximum Gasteiger partial charge on any atom is 0.259 e. The third-order valence-electron chi connectivity index (χ3n) is 6.98. The molecule has 3 aromatic rings. The second-order valence-electron chi connectivity index (χ2n) is 10.0. The van der Waals surface area contributed by atoms with Gasteiger partial charge in [-0.15, -0.1) is 0 Å². The van der Waals surface area contributed by atoms with Crippen molar-refractivity contribution in [2.24, 2.45) is 5.92 Å². The van der Waals surface area contributed by atoms with E-state index < -0.39 is 0 Å². The van der Waals surface area contributed by atoms with Gasteiger partial charge in [0, 0.05) is 31.3 Å². The van der Waals surface area contributed by atoms with Crippen LogP contribution in [0.5, 0.6) is 5.88 Å². The largest absolute Gasteiger partial charge is 0.472 e. The average molecular weight is 502 g/mol. The number of ether oxygens (including phenoxy) is 1. The predicted octanol–water partition coefficient (Wildman–Crippen LogP) is 3.98. The molecule has 2 amide bonds. The number of fused-ring (bicyclic) bond motifs is 1. The van der Waals surface area contributed by atoms with Gasteiger partial charge in [-0.2, -0.15) is 0 Å². The van der Waals surface area contributed by atoms with Crippen molar-refractivity contribution in [3.8, 4) is 17.0 Å². The van der Waals surface area contributed by atoms with Crippen LogP contribution in [0, 0.1) is 12.8 Å². The van der Waals surface area contributed by atoms with E-state index >= 15 is 0 Å². The summed E-state index contributed by atoms with van der Waals surface area (Å²) in [7, 11) is 1.77. The van der Waals surface area contributed by atoms with E-state index in [1.807, 2.05) is 81.4 Å². The molecule has 7 heteroatoms. The summed E-state index contributed by atoms with van der Waals surface area (Å²) in [6.07, 6.45) is 1.63. The summed E-state index contributed by atoms with van der Waals surface area (Å²) in [5, 5.41) is 9.89. The van der Waals surface area contributed by atoms with Crippen molar-refractivity contribution in [2.45, 2.75) is 39.3 Å². The number of aryl methyl sites for hydroxylation is 1. The van der Waals surface area contributed by atoms with E-state index in [1.165, 1.54) is 0 Å². The molecule has 0 bridgehead atoms. The van der Waals surface area contributed by atoms with Crippen LogP contribution in [0.15, 0.2) is 66.9 Å². The molecule has 1 aliphatic rings. The minimum atomic E-state index is -0.386. The first-order chi connectivity index (χ1) is 17.8. The quantitative estimate of drug-likeness (QED) is 0.530. The molecule has 4 rings (SSSR count). The Hall–Kier alpha value is -3.71. The number of benzene rings is 2. The second kappa shape index (κ2) is 11.6. The van der Waals surface area contributed by atoms with Crippen molar-refractivity contribution in [3.05, 3.63) is 83.6 Å². The molecule has 194 valence electrons. The summed E-state index contributed by atoms with van der Waals surface area (Å²) in [5.74, 6) is -0.0893. The molecule has 0 aliphatic carbocycles. The highest BCUT2D eigenvalue weighted by Gasteiger charge is 2.34. The van der Waals surface area contributed by atoms with Gasteiger partial charge in [-0.1, -0.05) is 67.1 Å². The third kappa shape index (κ3) is 6.17. The lowest BCUT2D eigenvalue weighted by atomic mass is 9.98. The molecule has 7 nitrogen and oxygen atoms in total. The SMILES string of the molecule is Cc1ccc(-c2cnc3c(c2)C(=O)N([C@@H](C)CO)C[C@@H](C)[C@@H](CN(C)C(=O)Cc2ccccc2)O3)cc1. The molecule has 0 saturated carbocycles. The van der Waals surface area contributed by atoms with Gasteiger partial charge in [0.1, 0.15) is 11.7 Å². The zero-order valence-corrected chi connectivity index (χ0v) is 21.9. The van der Waals surface area contributed by atoms with Gasteiger partial charge in [-0.3, -0.25) is 9.59 Å². The molecule has 0 saturated heterocycles. The van der Waals surface area contributed by atoms with Crippen LogP contribution in [0.2, 0.25) is 0 Å². The molecular formula is C30H35N3O4. The Labute approximate surface area is 218 Å². The lowest BCUT2D eigenvalue weighted by Gasteiger charge is -2.37. The number of carbonyl (C=O) groups excluding carboxylic acids is 2. The zero-order valence-electron chi connectivity index (χ0n) is 21.9. The number of likely N-dealkylation sites (N-methyl/N-ethyl adjacent to an activating group) is 1. The maximum atomic E-state index is 13.6. The second-order valence-corrected chi connectivity index (χ2v) is 10.0. The van der Waals surface area contributed by atoms with E-state index in [1.54, 1.807) is 23.0 Å². The molecule has 3 atom stereocenters. The summed E-state index contributed by atoms with van der Waals surface area (Å²) in [4.78, 5) is 34.5. The number of rotatable bonds is 7. The van der Waals surface area contributed by atoms with Crippen LogP contribution < -0.4 is 4.74 Å². The number of aliphatic hydroxyl groups excluding tert-OH is 1. The van der Waals surface area contributed by atoms with Gasteiger partial charge in [0.05, 0.1) is 25.6 Å². The van der Waals surface area contributed by atoms with Crippen LogP contribution in [0.1, 0.15) is 35.3 Å². The van der Waals surface area contributed by atoms with E-state index in [0.717, 1.165) is 22.3 Å². The first kappa shape index (κ1) is 26.4. The van der Waals surface area contributed by atoms with Gasteiger partial charge in [-0.25, -0.2) is 4.98 Å². The summed E-state index contributed by atoms with van der Waals surface area (Å²) in [5.41, 5.74) is 4.22. The highest BCUT2D eigenvalue weighted by atomic mass is 16.5. The van der Waals surface area contributed by atoms with Gasteiger partial charge < -0.3 is 19.6 Å². The number of pyridine rings is 1. The van der Waals surface area contributed by atoms with Gasteiger partial charge in [0.25, 0.3) is 5.91 Å². The molecule has 2 aromatic carbocycles. The van der Waals surface area contributed by atoms with Gasteiger partial charge in [0.15, 0.2) is 0 Å². The fourth-order valence-electron chi connectivity index (χ4n) is 4.50. The Morgan fingerprint density at radius 3 is 2.54 bits per heavy atom. The monoisotopic (exact) mass is 501 g/mol. The molecule has 0 radical (unpaired) electrons. The summed E-state index contributed by atoms with van der Waals surface area (Å²) >= 11 is 0. The van der Waals surface area contributed by atoms with Crippen LogP contribution in [-0.4, -0.2) is 70.6 Å². The van der Waals surface area contributed by atoms with E-state index in [9.17, 15) is 14.7 Å². The maximum absolute atomic E-state index is 13.6. The Bertz CT molecular complexity index is 1230. The highest BCUT2D eigenvalue weighted by Crippen LogP contribution is 2.30.